The quantitative estimate of drug-likeness (QED) is 0.782. The van der Waals surface area contributed by atoms with Gasteiger partial charge in [-0.3, -0.25) is 0 Å². The molecule has 0 saturated carbocycles. The summed E-state index contributed by atoms with van der Waals surface area (Å²) in [4.78, 5) is 0. The average molecular weight is 283 g/mol. The van der Waals surface area contributed by atoms with Crippen LogP contribution in [0, 0.1) is 6.92 Å². The number of aryl methyl sites for hydroxylation is 1. The Kier molecular flexibility index (Phi) is 6.45. The van der Waals surface area contributed by atoms with Crippen molar-refractivity contribution in [2.75, 3.05) is 13.2 Å². The third-order valence-corrected chi connectivity index (χ3v) is 3.60. The molecule has 0 heterocycles. The fourth-order valence-corrected chi connectivity index (χ4v) is 2.42. The molecule has 0 aliphatic rings. The molecule has 2 aromatic rings. The summed E-state index contributed by atoms with van der Waals surface area (Å²) < 4.78 is 5.93. The molecule has 2 rings (SSSR count). The second-order valence-electron chi connectivity index (χ2n) is 5.36. The Morgan fingerprint density at radius 3 is 2.43 bits per heavy atom. The molecule has 0 saturated heterocycles. The van der Waals surface area contributed by atoms with Gasteiger partial charge >= 0.3 is 0 Å². The number of hydrogen-bond donors (Lipinski definition) is 1. The minimum absolute atomic E-state index is 0.259. The summed E-state index contributed by atoms with van der Waals surface area (Å²) in [5, 5.41) is 3.59. The first kappa shape index (κ1) is 15.7. The maximum Gasteiger partial charge on any atom is 0.0717 e. The normalized spacial score (nSPS) is 12.3. The van der Waals surface area contributed by atoms with E-state index in [2.05, 4.69) is 55.6 Å². The lowest BCUT2D eigenvalue weighted by Crippen LogP contribution is -2.27. The van der Waals surface area contributed by atoms with Gasteiger partial charge in [0, 0.05) is 0 Å². The molecule has 1 atom stereocenters. The van der Waals surface area contributed by atoms with E-state index in [9.17, 15) is 0 Å². The van der Waals surface area contributed by atoms with Gasteiger partial charge in [0.05, 0.1) is 19.3 Å². The second-order valence-corrected chi connectivity index (χ2v) is 5.36. The topological polar surface area (TPSA) is 21.3 Å². The summed E-state index contributed by atoms with van der Waals surface area (Å²) in [6.45, 7) is 6.71. The highest BCUT2D eigenvalue weighted by molar-refractivity contribution is 5.28. The SMILES string of the molecule is CCCNC(COCc1ccccc1)c1ccccc1C. The molecule has 112 valence electrons. The molecule has 0 aliphatic carbocycles. The Morgan fingerprint density at radius 1 is 1.00 bits per heavy atom. The smallest absolute Gasteiger partial charge is 0.0717 e. The standard InChI is InChI=1S/C19H25NO/c1-3-13-20-19(18-12-8-7-9-16(18)2)15-21-14-17-10-5-4-6-11-17/h4-12,19-20H,3,13-15H2,1-2H3. The number of benzene rings is 2. The van der Waals surface area contributed by atoms with Crippen LogP contribution in [0.25, 0.3) is 0 Å². The minimum Gasteiger partial charge on any atom is -0.375 e. The van der Waals surface area contributed by atoms with Gasteiger partial charge in [-0.2, -0.15) is 0 Å². The first-order chi connectivity index (χ1) is 10.3. The Bertz CT molecular complexity index is 524. The zero-order valence-electron chi connectivity index (χ0n) is 13.0. The summed E-state index contributed by atoms with van der Waals surface area (Å²) in [6.07, 6.45) is 1.13. The molecule has 0 aliphatic heterocycles. The summed E-state index contributed by atoms with van der Waals surface area (Å²) in [5.41, 5.74) is 3.87. The van der Waals surface area contributed by atoms with Gasteiger partial charge in [-0.1, -0.05) is 61.5 Å². The van der Waals surface area contributed by atoms with Crippen molar-refractivity contribution >= 4 is 0 Å². The van der Waals surface area contributed by atoms with E-state index < -0.39 is 0 Å². The molecule has 1 unspecified atom stereocenters. The fraction of sp³-hybridized carbons (Fsp3) is 0.368. The van der Waals surface area contributed by atoms with Crippen LogP contribution in [-0.2, 0) is 11.3 Å². The summed E-state index contributed by atoms with van der Waals surface area (Å²) in [7, 11) is 0. The number of rotatable bonds is 8. The molecule has 2 aromatic carbocycles. The number of nitrogens with one attached hydrogen (secondary N) is 1. The van der Waals surface area contributed by atoms with Crippen LogP contribution in [0.15, 0.2) is 54.6 Å². The highest BCUT2D eigenvalue weighted by atomic mass is 16.5. The molecule has 0 amide bonds. The van der Waals surface area contributed by atoms with E-state index in [1.54, 1.807) is 0 Å². The Morgan fingerprint density at radius 2 is 1.71 bits per heavy atom. The van der Waals surface area contributed by atoms with Gasteiger partial charge in [0.25, 0.3) is 0 Å². The second kappa shape index (κ2) is 8.60. The van der Waals surface area contributed by atoms with Gasteiger partial charge in [-0.15, -0.1) is 0 Å². The summed E-state index contributed by atoms with van der Waals surface area (Å²) in [5.74, 6) is 0. The zero-order valence-corrected chi connectivity index (χ0v) is 13.0. The van der Waals surface area contributed by atoms with E-state index in [1.807, 2.05) is 18.2 Å². The van der Waals surface area contributed by atoms with Crippen LogP contribution in [0.1, 0.15) is 36.1 Å². The van der Waals surface area contributed by atoms with Crippen LogP contribution in [0.5, 0.6) is 0 Å². The first-order valence-electron chi connectivity index (χ1n) is 7.72. The third kappa shape index (κ3) is 5.00. The van der Waals surface area contributed by atoms with Gasteiger partial charge in [0.2, 0.25) is 0 Å². The van der Waals surface area contributed by atoms with E-state index in [-0.39, 0.29) is 6.04 Å². The predicted molar refractivity (Wildman–Crippen MR) is 88.3 cm³/mol. The van der Waals surface area contributed by atoms with Crippen LogP contribution < -0.4 is 5.32 Å². The van der Waals surface area contributed by atoms with Crippen molar-refractivity contribution in [1.29, 1.82) is 0 Å². The summed E-state index contributed by atoms with van der Waals surface area (Å²) >= 11 is 0. The van der Waals surface area contributed by atoms with Gasteiger partial charge in [-0.05, 0) is 36.6 Å². The molecule has 0 radical (unpaired) electrons. The Hall–Kier alpha value is -1.64. The van der Waals surface area contributed by atoms with Crippen LogP contribution >= 0.6 is 0 Å². The van der Waals surface area contributed by atoms with Crippen molar-refractivity contribution in [3.8, 4) is 0 Å². The Balaban J connectivity index is 1.95. The number of ether oxygens (including phenoxy) is 1. The molecule has 0 spiro atoms. The van der Waals surface area contributed by atoms with Crippen molar-refractivity contribution in [2.45, 2.75) is 32.9 Å². The molecule has 0 aromatic heterocycles. The lowest BCUT2D eigenvalue weighted by atomic mass is 10.0. The molecule has 1 N–H and O–H groups in total. The lowest BCUT2D eigenvalue weighted by molar-refractivity contribution is 0.0985. The first-order valence-corrected chi connectivity index (χ1v) is 7.72. The van der Waals surface area contributed by atoms with Crippen LogP contribution in [0.3, 0.4) is 0 Å². The van der Waals surface area contributed by atoms with Crippen molar-refractivity contribution in [3.63, 3.8) is 0 Å². The molecule has 0 fully saturated rings. The molecule has 2 nitrogen and oxygen atoms in total. The molecule has 21 heavy (non-hydrogen) atoms. The minimum atomic E-state index is 0.259. The molecular weight excluding hydrogens is 258 g/mol. The van der Waals surface area contributed by atoms with Crippen molar-refractivity contribution in [2.24, 2.45) is 0 Å². The Labute approximate surface area is 128 Å². The number of hydrogen-bond acceptors (Lipinski definition) is 2. The molecule has 0 bridgehead atoms. The maximum absolute atomic E-state index is 5.93. The highest BCUT2D eigenvalue weighted by Gasteiger charge is 2.12. The fourth-order valence-electron chi connectivity index (χ4n) is 2.42. The van der Waals surface area contributed by atoms with Crippen molar-refractivity contribution < 1.29 is 4.74 Å². The average Bonchev–Trinajstić information content (AvgIpc) is 2.52. The van der Waals surface area contributed by atoms with Crippen molar-refractivity contribution in [3.05, 3.63) is 71.3 Å². The van der Waals surface area contributed by atoms with E-state index in [4.69, 9.17) is 4.74 Å². The molecule has 2 heteroatoms. The highest BCUT2D eigenvalue weighted by Crippen LogP contribution is 2.18. The maximum atomic E-state index is 5.93. The lowest BCUT2D eigenvalue weighted by Gasteiger charge is -2.21. The summed E-state index contributed by atoms with van der Waals surface area (Å²) in [6, 6.07) is 19.1. The van der Waals surface area contributed by atoms with E-state index in [1.165, 1.54) is 16.7 Å². The monoisotopic (exact) mass is 283 g/mol. The van der Waals surface area contributed by atoms with Crippen LogP contribution in [-0.4, -0.2) is 13.2 Å². The van der Waals surface area contributed by atoms with E-state index in [0.717, 1.165) is 13.0 Å². The van der Waals surface area contributed by atoms with Gasteiger partial charge in [0.1, 0.15) is 0 Å². The largest absolute Gasteiger partial charge is 0.375 e. The molecular formula is C19H25NO. The third-order valence-electron chi connectivity index (χ3n) is 3.60. The van der Waals surface area contributed by atoms with Gasteiger partial charge in [0.15, 0.2) is 0 Å². The van der Waals surface area contributed by atoms with Gasteiger partial charge in [-0.25, -0.2) is 0 Å². The van der Waals surface area contributed by atoms with E-state index in [0.29, 0.717) is 13.2 Å². The van der Waals surface area contributed by atoms with Gasteiger partial charge < -0.3 is 10.1 Å². The van der Waals surface area contributed by atoms with Crippen molar-refractivity contribution in [1.82, 2.24) is 5.32 Å². The predicted octanol–water partition coefficient (Wildman–Crippen LogP) is 4.25. The zero-order chi connectivity index (χ0) is 14.9. The van der Waals surface area contributed by atoms with E-state index >= 15 is 0 Å². The van der Waals surface area contributed by atoms with Crippen LogP contribution in [0.2, 0.25) is 0 Å². The van der Waals surface area contributed by atoms with Crippen LogP contribution in [0.4, 0.5) is 0 Å².